The average Bonchev–Trinajstić information content (AvgIpc) is 1.60. The van der Waals surface area contributed by atoms with E-state index >= 15 is 0 Å². The third kappa shape index (κ3) is 13.2. The lowest BCUT2D eigenvalue weighted by Gasteiger charge is -2.38. The molecule has 2 N–H and O–H groups in total. The summed E-state index contributed by atoms with van der Waals surface area (Å²) in [6.45, 7) is 15.7. The molecule has 24 nitrogen and oxygen atoms in total. The Balaban J connectivity index is 0.000000142. The van der Waals surface area contributed by atoms with E-state index in [1.54, 1.807) is 46.1 Å². The van der Waals surface area contributed by atoms with Crippen LogP contribution in [0.3, 0.4) is 0 Å². The van der Waals surface area contributed by atoms with E-state index in [0.717, 1.165) is 75.5 Å². The largest absolute Gasteiger partial charge is 0.504 e. The lowest BCUT2D eigenvalue weighted by Crippen LogP contribution is -2.55. The number of para-hydroxylation sites is 3. The van der Waals surface area contributed by atoms with Gasteiger partial charge in [-0.3, -0.25) is 14.4 Å². The minimum atomic E-state index is -1.28. The SMILES string of the molecule is C=CCOC(=O)N1c2cc(C)c(OC)cc2C(=O)N2c3ccccc3C[C@H]2C1O.C=CCOC(=O)N1c2cc(C)c(OC)cc2C(=O)N2c3ccccc3C[C@H]2C1OC1CCCCO1.C=CCOC(=O)N1c2cc(O)c(OC)cc2C(=O)N2c3ccccc3C[C@H]2C1OC1CCCCO1. The van der Waals surface area contributed by atoms with Crippen molar-refractivity contribution in [2.45, 2.75) is 121 Å². The van der Waals surface area contributed by atoms with Crippen LogP contribution in [0, 0.1) is 13.8 Å². The molecule has 24 heteroatoms. The second kappa shape index (κ2) is 29.9. The lowest BCUT2D eigenvalue weighted by molar-refractivity contribution is -0.190. The number of carbonyl (C=O) groups is 6. The lowest BCUT2D eigenvalue weighted by atomic mass is 10.1. The Morgan fingerprint density at radius 1 is 0.485 bits per heavy atom. The fourth-order valence-electron chi connectivity index (χ4n) is 14.1. The number of nitrogens with zero attached hydrogens (tertiary/aromatic N) is 6. The van der Waals surface area contributed by atoms with Gasteiger partial charge in [0.25, 0.3) is 17.7 Å². The van der Waals surface area contributed by atoms with Crippen molar-refractivity contribution < 1.29 is 86.3 Å². The Bertz CT molecular complexity index is 3930. The predicted molar refractivity (Wildman–Crippen MR) is 367 cm³/mol. The molecule has 0 saturated carbocycles. The molecule has 8 aliphatic heterocycles. The Kier molecular flexibility index (Phi) is 20.7. The molecule has 0 bridgehead atoms. The van der Waals surface area contributed by atoms with Crippen molar-refractivity contribution in [3.05, 3.63) is 192 Å². The average molecular weight is 1350 g/mol. The summed E-state index contributed by atoms with van der Waals surface area (Å²) in [4.78, 5) is 90.4. The van der Waals surface area contributed by atoms with Crippen LogP contribution in [0.25, 0.3) is 0 Å². The van der Waals surface area contributed by atoms with Crippen LogP contribution in [0.4, 0.5) is 48.5 Å². The van der Waals surface area contributed by atoms with Gasteiger partial charge in [-0.2, -0.15) is 0 Å². The highest BCUT2D eigenvalue weighted by atomic mass is 16.7. The summed E-state index contributed by atoms with van der Waals surface area (Å²) in [7, 11) is 4.49. The molecule has 14 rings (SSSR count). The smallest absolute Gasteiger partial charge is 0.416 e. The molecule has 8 atom stereocenters. The van der Waals surface area contributed by atoms with E-state index in [1.807, 2.05) is 86.6 Å². The van der Waals surface area contributed by atoms with Gasteiger partial charge in [0.05, 0.1) is 73.2 Å². The first kappa shape index (κ1) is 68.7. The number of phenolic OH excluding ortho intramolecular Hbond substituents is 1. The number of aryl methyl sites for hydroxylation is 2. The predicted octanol–water partition coefficient (Wildman–Crippen LogP) is 11.6. The highest BCUT2D eigenvalue weighted by molar-refractivity contribution is 6.17. The highest BCUT2D eigenvalue weighted by Crippen LogP contribution is 2.48. The summed E-state index contributed by atoms with van der Waals surface area (Å²) in [5.41, 5.74) is 8.43. The van der Waals surface area contributed by atoms with Crippen molar-refractivity contribution >= 4 is 70.1 Å². The quantitative estimate of drug-likeness (QED) is 0.0805. The molecular weight excluding hydrogens is 1270 g/mol. The van der Waals surface area contributed by atoms with Gasteiger partial charge in [-0.25, -0.2) is 29.1 Å². The third-order valence-corrected chi connectivity index (χ3v) is 18.7. The molecular formula is C75H80N6O18. The number of aliphatic hydroxyl groups is 1. The number of amides is 6. The maximum atomic E-state index is 14.1. The molecule has 0 aromatic heterocycles. The van der Waals surface area contributed by atoms with Gasteiger partial charge in [0.15, 0.2) is 42.8 Å². The van der Waals surface area contributed by atoms with E-state index in [4.69, 9.17) is 47.4 Å². The monoisotopic (exact) mass is 1350 g/mol. The topological polar surface area (TPSA) is 255 Å². The van der Waals surface area contributed by atoms with Crippen LogP contribution in [0.5, 0.6) is 23.0 Å². The number of carbonyl (C=O) groups excluding carboxylic acids is 6. The normalized spacial score (nSPS) is 22.1. The van der Waals surface area contributed by atoms with Gasteiger partial charge < -0.3 is 72.3 Å². The van der Waals surface area contributed by atoms with E-state index in [9.17, 15) is 39.0 Å². The van der Waals surface area contributed by atoms with Crippen molar-refractivity contribution in [1.29, 1.82) is 0 Å². The first-order valence-corrected chi connectivity index (χ1v) is 33.0. The van der Waals surface area contributed by atoms with Gasteiger partial charge in [0.1, 0.15) is 31.3 Å². The van der Waals surface area contributed by atoms with E-state index in [0.29, 0.717) is 73.8 Å². The maximum Gasteiger partial charge on any atom is 0.416 e. The van der Waals surface area contributed by atoms with Crippen LogP contribution < -0.4 is 43.6 Å². The molecule has 2 fully saturated rings. The van der Waals surface area contributed by atoms with E-state index in [-0.39, 0.29) is 65.9 Å². The number of phenols is 1. The zero-order chi connectivity index (χ0) is 69.8. The van der Waals surface area contributed by atoms with Crippen LogP contribution in [-0.2, 0) is 52.4 Å². The van der Waals surface area contributed by atoms with Crippen molar-refractivity contribution in [2.75, 3.05) is 83.8 Å². The molecule has 8 aliphatic rings. The summed E-state index contributed by atoms with van der Waals surface area (Å²) >= 11 is 0. The molecule has 99 heavy (non-hydrogen) atoms. The Hall–Kier alpha value is -10.2. The zero-order valence-corrected chi connectivity index (χ0v) is 55.9. The molecule has 0 aliphatic carbocycles. The standard InChI is InChI=1S/C27H30N2O6.C26H28N2O7.C22H22N2O5/c1-4-12-34-27(31)29-21-14-17(2)23(32-3)16-19(21)25(30)28-20-10-6-5-9-18(20)15-22(28)26(29)35-24-11-7-8-13-33-24;1-3-11-34-26(31)28-19-15-21(29)22(32-2)14-17(19)24(30)27-18-9-5-4-8-16(18)13-20(27)25(28)35-23-10-6-7-12-33-23;1-4-9-29-22(27)24-17-10-13(2)19(28-3)12-15(17)20(25)23-16-8-6-5-7-14(16)11-18(23)21(24)26/h4-6,9-10,14,16,22,24,26H,1,7-8,11-13,15H2,2-3H3;3-5,8-9,14-15,20,23,25,29H,1,6-7,10-13H2,2H3;4-8,10,12,18,21,26H,1,9,11H2,2-3H3/t22-,24?,26?;20-,23?,25?;18-,21?/m000/s1. The number of fused-ring (bicyclic) bond motifs is 12. The Morgan fingerprint density at radius 3 is 1.22 bits per heavy atom. The maximum absolute atomic E-state index is 14.1. The summed E-state index contributed by atoms with van der Waals surface area (Å²) in [5, 5.41) is 21.8. The van der Waals surface area contributed by atoms with E-state index in [2.05, 4.69) is 19.7 Å². The van der Waals surface area contributed by atoms with Gasteiger partial charge >= 0.3 is 18.3 Å². The number of aliphatic hydroxyl groups excluding tert-OH is 1. The zero-order valence-electron chi connectivity index (χ0n) is 55.9. The molecule has 0 spiro atoms. The second-order valence-electron chi connectivity index (χ2n) is 24.7. The van der Waals surface area contributed by atoms with Crippen LogP contribution in [-0.4, -0.2) is 150 Å². The molecule has 2 saturated heterocycles. The summed E-state index contributed by atoms with van der Waals surface area (Å²) in [6, 6.07) is 30.8. The number of benzene rings is 6. The van der Waals surface area contributed by atoms with Crippen molar-refractivity contribution in [3.8, 4) is 23.0 Å². The minimum absolute atomic E-state index is 0.00488. The summed E-state index contributed by atoms with van der Waals surface area (Å²) < 4.78 is 57.0. The number of rotatable bonds is 13. The Labute approximate surface area is 573 Å². The summed E-state index contributed by atoms with van der Waals surface area (Å²) in [5.74, 6) is 0.154. The molecule has 5 unspecified atom stereocenters. The Morgan fingerprint density at radius 2 is 0.838 bits per heavy atom. The third-order valence-electron chi connectivity index (χ3n) is 18.7. The van der Waals surface area contributed by atoms with Crippen LogP contribution in [0.1, 0.15) is 97.4 Å². The number of aromatic hydroxyl groups is 1. The van der Waals surface area contributed by atoms with Crippen LogP contribution in [0.15, 0.2) is 147 Å². The van der Waals surface area contributed by atoms with Gasteiger partial charge in [-0.05, 0) is 148 Å². The van der Waals surface area contributed by atoms with E-state index in [1.165, 1.54) is 54.4 Å². The van der Waals surface area contributed by atoms with Gasteiger partial charge in [-0.1, -0.05) is 92.6 Å². The minimum Gasteiger partial charge on any atom is -0.504 e. The van der Waals surface area contributed by atoms with Gasteiger partial charge in [-0.15, -0.1) is 0 Å². The van der Waals surface area contributed by atoms with Crippen LogP contribution >= 0.6 is 0 Å². The first-order chi connectivity index (χ1) is 48.0. The molecule has 6 aromatic rings. The second-order valence-corrected chi connectivity index (χ2v) is 24.7. The molecule has 8 heterocycles. The number of methoxy groups -OCH3 is 3. The number of ether oxygens (including phenoxy) is 10. The molecule has 518 valence electrons. The highest BCUT2D eigenvalue weighted by Gasteiger charge is 2.53. The van der Waals surface area contributed by atoms with Gasteiger partial charge in [0.2, 0.25) is 0 Å². The number of hydrogen-bond acceptors (Lipinski definition) is 18. The molecule has 6 amide bonds. The number of anilines is 6. The fourth-order valence-corrected chi connectivity index (χ4v) is 14.1. The fraction of sp³-hybridized carbons (Fsp3) is 0.360. The molecule has 0 radical (unpaired) electrons. The molecule has 6 aromatic carbocycles. The summed E-state index contributed by atoms with van der Waals surface area (Å²) in [6.07, 6.45) is 4.93. The van der Waals surface area contributed by atoms with Gasteiger partial charge in [0, 0.05) is 36.3 Å². The van der Waals surface area contributed by atoms with Crippen molar-refractivity contribution in [2.24, 2.45) is 0 Å². The van der Waals surface area contributed by atoms with E-state index < -0.39 is 67.7 Å². The van der Waals surface area contributed by atoms with Crippen LogP contribution in [0.2, 0.25) is 0 Å². The number of hydrogen-bond donors (Lipinski definition) is 2. The first-order valence-electron chi connectivity index (χ1n) is 33.0. The van der Waals surface area contributed by atoms with Crippen molar-refractivity contribution in [1.82, 2.24) is 0 Å². The van der Waals surface area contributed by atoms with Crippen molar-refractivity contribution in [3.63, 3.8) is 0 Å².